The van der Waals surface area contributed by atoms with Crippen LogP contribution in [-0.2, 0) is 5.88 Å². The molecule has 3 rings (SSSR count). The van der Waals surface area contributed by atoms with E-state index in [2.05, 4.69) is 22.1 Å². The lowest BCUT2D eigenvalue weighted by atomic mass is 10.1. The number of anilines is 1. The Morgan fingerprint density at radius 1 is 1.04 bits per heavy atom. The predicted molar refractivity (Wildman–Crippen MR) is 107 cm³/mol. The van der Waals surface area contributed by atoms with Crippen LogP contribution < -0.4 is 10.1 Å². The molecule has 1 amide bonds. The number of aromatic nitrogens is 1. The first-order valence-corrected chi connectivity index (χ1v) is 8.80. The van der Waals surface area contributed by atoms with Crippen molar-refractivity contribution in [3.05, 3.63) is 89.1 Å². The quantitative estimate of drug-likeness (QED) is 0.539. The van der Waals surface area contributed by atoms with E-state index >= 15 is 0 Å². The van der Waals surface area contributed by atoms with Crippen LogP contribution in [0, 0.1) is 11.8 Å². The zero-order valence-electron chi connectivity index (χ0n) is 14.7. The number of nitrogens with zero attached hydrogens (tertiary/aromatic N) is 1. The van der Waals surface area contributed by atoms with Gasteiger partial charge in [0.05, 0.1) is 7.11 Å². The Balaban J connectivity index is 1.66. The van der Waals surface area contributed by atoms with Crippen molar-refractivity contribution in [1.29, 1.82) is 0 Å². The largest absolute Gasteiger partial charge is 0.481 e. The lowest BCUT2D eigenvalue weighted by Crippen LogP contribution is -2.11. The molecule has 0 saturated heterocycles. The summed E-state index contributed by atoms with van der Waals surface area (Å²) >= 11 is 5.76. The Hall–Kier alpha value is -3.29. The number of methoxy groups -OCH3 is 1. The van der Waals surface area contributed by atoms with E-state index < -0.39 is 0 Å². The van der Waals surface area contributed by atoms with Gasteiger partial charge >= 0.3 is 0 Å². The summed E-state index contributed by atoms with van der Waals surface area (Å²) in [6.45, 7) is 0. The van der Waals surface area contributed by atoms with Gasteiger partial charge in [0.15, 0.2) is 0 Å². The fraction of sp³-hybridized carbons (Fsp3) is 0.0909. The molecule has 0 radical (unpaired) electrons. The standard InChI is InChI=1S/C22H17ClN2O2/c1-27-21-14-17(12-13-24-21)3-2-16-6-10-20(11-7-16)25-22(26)19-8-4-18(15-23)5-9-19/h4-14H,15H2,1H3,(H,25,26). The number of benzene rings is 2. The van der Waals surface area contributed by atoms with Crippen LogP contribution in [0.3, 0.4) is 0 Å². The molecule has 5 heteroatoms. The molecule has 0 spiro atoms. The average Bonchev–Trinajstić information content (AvgIpc) is 2.73. The lowest BCUT2D eigenvalue weighted by Gasteiger charge is -2.06. The molecule has 27 heavy (non-hydrogen) atoms. The number of ether oxygens (including phenoxy) is 1. The summed E-state index contributed by atoms with van der Waals surface area (Å²) in [6, 6.07) is 18.2. The van der Waals surface area contributed by atoms with Gasteiger partial charge < -0.3 is 10.1 Å². The fourth-order valence-corrected chi connectivity index (χ4v) is 2.51. The van der Waals surface area contributed by atoms with Crippen LogP contribution in [0.1, 0.15) is 27.0 Å². The van der Waals surface area contributed by atoms with Crippen molar-refractivity contribution in [3.8, 4) is 17.7 Å². The first-order valence-electron chi connectivity index (χ1n) is 8.26. The number of hydrogen-bond acceptors (Lipinski definition) is 3. The topological polar surface area (TPSA) is 51.2 Å². The molecule has 1 N–H and O–H groups in total. The first-order chi connectivity index (χ1) is 13.2. The van der Waals surface area contributed by atoms with Crippen LogP contribution >= 0.6 is 11.6 Å². The van der Waals surface area contributed by atoms with Crippen molar-refractivity contribution in [1.82, 2.24) is 4.98 Å². The van der Waals surface area contributed by atoms with Gasteiger partial charge in [-0.3, -0.25) is 4.79 Å². The number of pyridine rings is 1. The third-order valence-corrected chi connectivity index (χ3v) is 4.12. The maximum Gasteiger partial charge on any atom is 0.255 e. The lowest BCUT2D eigenvalue weighted by molar-refractivity contribution is 0.102. The Morgan fingerprint density at radius 3 is 2.41 bits per heavy atom. The van der Waals surface area contributed by atoms with Crippen molar-refractivity contribution < 1.29 is 9.53 Å². The van der Waals surface area contributed by atoms with Crippen molar-refractivity contribution in [3.63, 3.8) is 0 Å². The number of carbonyl (C=O) groups excluding carboxylic acids is 1. The third-order valence-electron chi connectivity index (χ3n) is 3.81. The molecule has 0 aliphatic carbocycles. The van der Waals surface area contributed by atoms with Crippen molar-refractivity contribution in [2.24, 2.45) is 0 Å². The molecular weight excluding hydrogens is 360 g/mol. The molecule has 0 fully saturated rings. The van der Waals surface area contributed by atoms with Crippen LogP contribution in [0.4, 0.5) is 5.69 Å². The summed E-state index contributed by atoms with van der Waals surface area (Å²) in [5, 5.41) is 2.87. The monoisotopic (exact) mass is 376 g/mol. The zero-order valence-corrected chi connectivity index (χ0v) is 15.5. The van der Waals surface area contributed by atoms with E-state index in [1.807, 2.05) is 42.5 Å². The van der Waals surface area contributed by atoms with E-state index in [0.717, 1.165) is 16.7 Å². The molecule has 0 aliphatic rings. The van der Waals surface area contributed by atoms with Gasteiger partial charge in [-0.25, -0.2) is 4.98 Å². The number of rotatable bonds is 4. The molecule has 0 unspecified atom stereocenters. The van der Waals surface area contributed by atoms with Gasteiger partial charge in [-0.15, -0.1) is 11.6 Å². The Kier molecular flexibility index (Phi) is 6.09. The van der Waals surface area contributed by atoms with Crippen LogP contribution in [0.5, 0.6) is 5.88 Å². The second kappa shape index (κ2) is 8.88. The van der Waals surface area contributed by atoms with Crippen molar-refractivity contribution >= 4 is 23.2 Å². The van der Waals surface area contributed by atoms with E-state index in [1.165, 1.54) is 0 Å². The molecule has 2 aromatic carbocycles. The summed E-state index contributed by atoms with van der Waals surface area (Å²) in [5.41, 5.74) is 3.93. The highest BCUT2D eigenvalue weighted by atomic mass is 35.5. The maximum atomic E-state index is 12.3. The SMILES string of the molecule is COc1cc(C#Cc2ccc(NC(=O)c3ccc(CCl)cc3)cc2)ccn1. The highest BCUT2D eigenvalue weighted by Crippen LogP contribution is 2.13. The first kappa shape index (κ1) is 18.5. The molecule has 134 valence electrons. The Morgan fingerprint density at radius 2 is 1.74 bits per heavy atom. The highest BCUT2D eigenvalue weighted by Gasteiger charge is 2.05. The summed E-state index contributed by atoms with van der Waals surface area (Å²) in [4.78, 5) is 16.3. The van der Waals surface area contributed by atoms with Gasteiger partial charge in [0, 0.05) is 40.5 Å². The smallest absolute Gasteiger partial charge is 0.255 e. The molecule has 3 aromatic rings. The fourth-order valence-electron chi connectivity index (χ4n) is 2.33. The van der Waals surface area contributed by atoms with Gasteiger partial charge in [-0.05, 0) is 48.0 Å². The van der Waals surface area contributed by atoms with E-state index in [9.17, 15) is 4.79 Å². The third kappa shape index (κ3) is 5.10. The minimum atomic E-state index is -0.168. The molecule has 0 atom stereocenters. The van der Waals surface area contributed by atoms with Crippen molar-refractivity contribution in [2.45, 2.75) is 5.88 Å². The normalized spacial score (nSPS) is 9.85. The molecule has 1 heterocycles. The van der Waals surface area contributed by atoms with Gasteiger partial charge in [-0.1, -0.05) is 24.0 Å². The minimum Gasteiger partial charge on any atom is -0.481 e. The highest BCUT2D eigenvalue weighted by molar-refractivity contribution is 6.17. The number of amides is 1. The summed E-state index contributed by atoms with van der Waals surface area (Å²) in [5.74, 6) is 6.93. The number of carbonyl (C=O) groups is 1. The number of nitrogens with one attached hydrogen (secondary N) is 1. The van der Waals surface area contributed by atoms with Gasteiger partial charge in [0.2, 0.25) is 5.88 Å². The number of alkyl halides is 1. The van der Waals surface area contributed by atoms with E-state index in [0.29, 0.717) is 23.0 Å². The number of hydrogen-bond donors (Lipinski definition) is 1. The van der Waals surface area contributed by atoms with E-state index in [4.69, 9.17) is 16.3 Å². The average molecular weight is 377 g/mol. The van der Waals surface area contributed by atoms with Crippen LogP contribution in [0.15, 0.2) is 66.9 Å². The van der Waals surface area contributed by atoms with Crippen molar-refractivity contribution in [2.75, 3.05) is 12.4 Å². The van der Waals surface area contributed by atoms with Crippen LogP contribution in [-0.4, -0.2) is 18.0 Å². The zero-order chi connectivity index (χ0) is 19.1. The van der Waals surface area contributed by atoms with Gasteiger partial charge in [0.1, 0.15) is 0 Å². The second-order valence-corrected chi connectivity index (χ2v) is 5.97. The molecule has 0 saturated carbocycles. The summed E-state index contributed by atoms with van der Waals surface area (Å²) in [6.07, 6.45) is 1.65. The van der Waals surface area contributed by atoms with Gasteiger partial charge in [0.25, 0.3) is 5.91 Å². The molecule has 0 bridgehead atoms. The van der Waals surface area contributed by atoms with Crippen LogP contribution in [0.25, 0.3) is 0 Å². The molecule has 1 aromatic heterocycles. The van der Waals surface area contributed by atoms with E-state index in [1.54, 1.807) is 31.5 Å². The molecular formula is C22H17ClN2O2. The Labute approximate surface area is 163 Å². The summed E-state index contributed by atoms with van der Waals surface area (Å²) in [7, 11) is 1.57. The molecule has 4 nitrogen and oxygen atoms in total. The Bertz CT molecular complexity index is 987. The predicted octanol–water partition coefficient (Wildman–Crippen LogP) is 4.48. The molecule has 0 aliphatic heterocycles. The van der Waals surface area contributed by atoms with E-state index in [-0.39, 0.29) is 5.91 Å². The number of halogens is 1. The minimum absolute atomic E-state index is 0.168. The summed E-state index contributed by atoms with van der Waals surface area (Å²) < 4.78 is 5.08. The maximum absolute atomic E-state index is 12.3. The van der Waals surface area contributed by atoms with Gasteiger partial charge in [-0.2, -0.15) is 0 Å². The van der Waals surface area contributed by atoms with Crippen LogP contribution in [0.2, 0.25) is 0 Å². The second-order valence-electron chi connectivity index (χ2n) is 5.70.